The molecule has 0 saturated carbocycles. The van der Waals surface area contributed by atoms with Crippen molar-refractivity contribution in [3.63, 3.8) is 0 Å². The lowest BCUT2D eigenvalue weighted by Crippen LogP contribution is -2.27. The van der Waals surface area contributed by atoms with Gasteiger partial charge in [-0.25, -0.2) is 0 Å². The van der Waals surface area contributed by atoms with Gasteiger partial charge in [-0.1, -0.05) is 23.2 Å². The second-order valence-electron chi connectivity index (χ2n) is 7.67. The number of aromatic nitrogens is 2. The van der Waals surface area contributed by atoms with Crippen LogP contribution in [0.25, 0.3) is 27.6 Å². The Kier molecular flexibility index (Phi) is 7.11. The zero-order chi connectivity index (χ0) is 24.4. The first-order valence-corrected chi connectivity index (χ1v) is 11.3. The Bertz CT molecular complexity index is 1330. The van der Waals surface area contributed by atoms with Gasteiger partial charge in [-0.05, 0) is 18.6 Å². The quantitative estimate of drug-likeness (QED) is 0.502. The Labute approximate surface area is 206 Å². The smallest absolute Gasteiger partial charge is 0.259 e. The predicted molar refractivity (Wildman–Crippen MR) is 136 cm³/mol. The molecule has 8 nitrogen and oxygen atoms in total. The maximum absolute atomic E-state index is 14.0. The summed E-state index contributed by atoms with van der Waals surface area (Å²) in [5, 5.41) is 1.16. The van der Waals surface area contributed by atoms with Crippen molar-refractivity contribution in [1.29, 1.82) is 0 Å². The summed E-state index contributed by atoms with van der Waals surface area (Å²) >= 11 is 13.3. The molecule has 1 atom stereocenters. The van der Waals surface area contributed by atoms with E-state index in [9.17, 15) is 4.79 Å². The second-order valence-corrected chi connectivity index (χ2v) is 8.43. The molecule has 1 aromatic carbocycles. The molecule has 1 aliphatic rings. The van der Waals surface area contributed by atoms with Gasteiger partial charge in [0.25, 0.3) is 5.56 Å². The number of aliphatic imine (C=N–C) groups is 1. The summed E-state index contributed by atoms with van der Waals surface area (Å²) in [5.74, 6) is 0.691. The number of allylic oxidation sites excluding steroid dienone is 1. The zero-order valence-corrected chi connectivity index (χ0v) is 20.5. The van der Waals surface area contributed by atoms with Crippen LogP contribution in [0, 0.1) is 0 Å². The average Bonchev–Trinajstić information content (AvgIpc) is 3.37. The fourth-order valence-electron chi connectivity index (χ4n) is 4.11. The fraction of sp³-hybridized carbons (Fsp3) is 0.292. The highest BCUT2D eigenvalue weighted by molar-refractivity contribution is 6.41. The molecule has 4 rings (SSSR count). The van der Waals surface area contributed by atoms with E-state index in [1.165, 1.54) is 20.4 Å². The Morgan fingerprint density at radius 3 is 2.50 bits per heavy atom. The summed E-state index contributed by atoms with van der Waals surface area (Å²) in [6.07, 6.45) is 5.42. The lowest BCUT2D eigenvalue weighted by atomic mass is 10.0. The Morgan fingerprint density at radius 1 is 1.24 bits per heavy atom. The minimum Gasteiger partial charge on any atom is -0.495 e. The van der Waals surface area contributed by atoms with E-state index in [1.54, 1.807) is 36.2 Å². The first kappa shape index (κ1) is 24.1. The molecule has 1 unspecified atom stereocenters. The minimum absolute atomic E-state index is 0.166. The molecule has 1 saturated heterocycles. The van der Waals surface area contributed by atoms with Crippen LogP contribution in [0.15, 0.2) is 40.4 Å². The Morgan fingerprint density at radius 2 is 1.94 bits per heavy atom. The molecular formula is C24H24Cl2N4O4. The zero-order valence-electron chi connectivity index (χ0n) is 19.0. The van der Waals surface area contributed by atoms with Gasteiger partial charge < -0.3 is 24.5 Å². The number of nitrogens with two attached hydrogens (primary N) is 1. The summed E-state index contributed by atoms with van der Waals surface area (Å²) < 4.78 is 18.1. The van der Waals surface area contributed by atoms with Gasteiger partial charge >= 0.3 is 0 Å². The van der Waals surface area contributed by atoms with Crippen LogP contribution in [-0.4, -0.2) is 50.2 Å². The molecule has 0 amide bonds. The second kappa shape index (κ2) is 10.0. The number of nitrogens with zero attached hydrogens (tertiary/aromatic N) is 3. The van der Waals surface area contributed by atoms with E-state index < -0.39 is 0 Å². The lowest BCUT2D eigenvalue weighted by molar-refractivity contribution is 0.186. The van der Waals surface area contributed by atoms with Crippen LogP contribution in [0.4, 0.5) is 0 Å². The Hall–Kier alpha value is -3.07. The topological polar surface area (TPSA) is 101 Å². The van der Waals surface area contributed by atoms with E-state index in [2.05, 4.69) is 9.98 Å². The van der Waals surface area contributed by atoms with E-state index in [1.807, 2.05) is 6.07 Å². The van der Waals surface area contributed by atoms with E-state index in [-0.39, 0.29) is 21.6 Å². The van der Waals surface area contributed by atoms with E-state index in [0.29, 0.717) is 59.0 Å². The van der Waals surface area contributed by atoms with Crippen molar-refractivity contribution in [3.8, 4) is 22.6 Å². The van der Waals surface area contributed by atoms with E-state index in [0.717, 1.165) is 5.39 Å². The van der Waals surface area contributed by atoms with Crippen molar-refractivity contribution in [3.05, 3.63) is 56.7 Å². The lowest BCUT2D eigenvalue weighted by Gasteiger charge is -2.20. The third-order valence-corrected chi connectivity index (χ3v) is 6.53. The molecular weight excluding hydrogens is 479 g/mol. The molecule has 1 aliphatic heterocycles. The molecule has 34 heavy (non-hydrogen) atoms. The SMILES string of the molecule is CN=CC(=CN)c1cc2c(cn1)cc(-c1c(Cl)c(OC)cc(OC)c1Cl)c(=O)n2C1CCOC1. The molecule has 0 radical (unpaired) electrons. The first-order valence-electron chi connectivity index (χ1n) is 10.5. The molecule has 3 heterocycles. The predicted octanol–water partition coefficient (Wildman–Crippen LogP) is 4.35. The molecule has 2 aromatic heterocycles. The van der Waals surface area contributed by atoms with Crippen molar-refractivity contribution < 1.29 is 14.2 Å². The van der Waals surface area contributed by atoms with E-state index >= 15 is 0 Å². The number of rotatable bonds is 6. The third-order valence-electron chi connectivity index (χ3n) is 5.78. The van der Waals surface area contributed by atoms with Crippen LogP contribution in [0.3, 0.4) is 0 Å². The van der Waals surface area contributed by atoms with Gasteiger partial charge in [0.2, 0.25) is 0 Å². The highest BCUT2D eigenvalue weighted by atomic mass is 35.5. The number of methoxy groups -OCH3 is 2. The number of fused-ring (bicyclic) bond motifs is 1. The van der Waals surface area contributed by atoms with Crippen LogP contribution in [0.5, 0.6) is 11.5 Å². The molecule has 2 N–H and O–H groups in total. The molecule has 0 spiro atoms. The molecule has 1 fully saturated rings. The third kappa shape index (κ3) is 4.13. The number of hydrogen-bond donors (Lipinski definition) is 1. The number of benzene rings is 1. The summed E-state index contributed by atoms with van der Waals surface area (Å²) in [6, 6.07) is 4.98. The normalized spacial score (nSPS) is 16.5. The molecule has 3 aromatic rings. The number of halogens is 2. The minimum atomic E-state index is -0.262. The molecule has 0 bridgehead atoms. The van der Waals surface area contributed by atoms with Crippen LogP contribution in [0.2, 0.25) is 10.0 Å². The van der Waals surface area contributed by atoms with Crippen molar-refractivity contribution in [2.45, 2.75) is 12.5 Å². The average molecular weight is 503 g/mol. The summed E-state index contributed by atoms with van der Waals surface area (Å²) in [4.78, 5) is 22.5. The van der Waals surface area contributed by atoms with Gasteiger partial charge in [0.15, 0.2) is 0 Å². The molecule has 178 valence electrons. The number of ether oxygens (including phenoxy) is 3. The van der Waals surface area contributed by atoms with Crippen LogP contribution in [0.1, 0.15) is 18.2 Å². The van der Waals surface area contributed by atoms with Crippen molar-refractivity contribution in [1.82, 2.24) is 9.55 Å². The Balaban J connectivity index is 2.07. The van der Waals surface area contributed by atoms with Gasteiger partial charge in [-0.15, -0.1) is 0 Å². The summed E-state index contributed by atoms with van der Waals surface area (Å²) in [7, 11) is 4.62. The van der Waals surface area contributed by atoms with E-state index in [4.69, 9.17) is 43.1 Å². The van der Waals surface area contributed by atoms with Gasteiger partial charge in [0.1, 0.15) is 11.5 Å². The van der Waals surface area contributed by atoms with Crippen molar-refractivity contribution in [2.24, 2.45) is 10.7 Å². The molecule has 10 heteroatoms. The van der Waals surface area contributed by atoms with Gasteiger partial charge in [0, 0.05) is 54.9 Å². The monoisotopic (exact) mass is 502 g/mol. The summed E-state index contributed by atoms with van der Waals surface area (Å²) in [5.41, 5.74) is 8.09. The number of hydrogen-bond acceptors (Lipinski definition) is 7. The fourth-order valence-corrected chi connectivity index (χ4v) is 4.82. The van der Waals surface area contributed by atoms with Crippen molar-refractivity contribution >= 4 is 45.9 Å². The van der Waals surface area contributed by atoms with Gasteiger partial charge in [-0.3, -0.25) is 14.8 Å². The highest BCUT2D eigenvalue weighted by Crippen LogP contribution is 2.45. The molecule has 0 aliphatic carbocycles. The van der Waals surface area contributed by atoms with Crippen LogP contribution < -0.4 is 20.8 Å². The maximum Gasteiger partial charge on any atom is 0.259 e. The van der Waals surface area contributed by atoms with Crippen LogP contribution >= 0.6 is 23.2 Å². The number of pyridine rings is 2. The summed E-state index contributed by atoms with van der Waals surface area (Å²) in [6.45, 7) is 0.973. The van der Waals surface area contributed by atoms with Crippen molar-refractivity contribution in [2.75, 3.05) is 34.5 Å². The standard InChI is InChI=1S/C24H24Cl2N4O4/c1-28-10-14(9-27)17-7-18-13(11-29-17)6-16(24(31)30(18)15-4-5-34-12-15)21-22(25)19(32-2)8-20(33-3)23(21)26/h6-11,15H,4-5,12,27H2,1-3H3. The first-order chi connectivity index (χ1) is 16.4. The van der Waals surface area contributed by atoms with Gasteiger partial charge in [0.05, 0.1) is 53.7 Å². The largest absolute Gasteiger partial charge is 0.495 e. The van der Waals surface area contributed by atoms with Crippen LogP contribution in [-0.2, 0) is 4.74 Å². The highest BCUT2D eigenvalue weighted by Gasteiger charge is 2.26. The maximum atomic E-state index is 14.0. The van der Waals surface area contributed by atoms with Gasteiger partial charge in [-0.2, -0.15) is 0 Å².